The van der Waals surface area contributed by atoms with Gasteiger partial charge in [-0.2, -0.15) is 0 Å². The van der Waals surface area contributed by atoms with Crippen LogP contribution in [-0.2, 0) is 47.8 Å². The number of rotatable bonds is 32. The molecule has 0 amide bonds. The molecule has 0 aromatic carbocycles. The van der Waals surface area contributed by atoms with Crippen LogP contribution in [0.3, 0.4) is 0 Å². The molecule has 4 aliphatic rings. The molecule has 0 unspecified atom stereocenters. The van der Waals surface area contributed by atoms with Gasteiger partial charge < -0.3 is 73.5 Å². The predicted octanol–water partition coefficient (Wildman–Crippen LogP) is -1.93. The number of aliphatic hydroxyl groups is 6. The molecule has 0 aliphatic carbocycles. The third kappa shape index (κ3) is 31.9. The van der Waals surface area contributed by atoms with Gasteiger partial charge in [0.1, 0.15) is 49.8 Å². The fraction of sp³-hybridized carbons (Fsp3) is 0.978. The molecular weight excluding hydrogens is 919 g/mol. The summed E-state index contributed by atoms with van der Waals surface area (Å²) in [6.07, 6.45) is 25.8. The minimum atomic E-state index is -4.48. The first-order chi connectivity index (χ1) is 31.2. The van der Waals surface area contributed by atoms with Crippen LogP contribution in [0, 0.1) is 0 Å². The van der Waals surface area contributed by atoms with E-state index in [4.69, 9.17) is 38.6 Å². The van der Waals surface area contributed by atoms with Crippen LogP contribution in [-0.4, -0.2) is 157 Å². The third-order valence-electron chi connectivity index (χ3n) is 11.9. The first kappa shape index (κ1) is 69.9. The van der Waals surface area contributed by atoms with E-state index in [1.54, 1.807) is 0 Å². The molecule has 0 saturated carbocycles. The number of aliphatic carboxylic acids is 1. The van der Waals surface area contributed by atoms with Crippen molar-refractivity contribution < 1.29 is 145 Å². The van der Waals surface area contributed by atoms with Gasteiger partial charge in [-0.15, -0.1) is 0 Å². The maximum atomic E-state index is 10.2. The summed E-state index contributed by atoms with van der Waals surface area (Å²) in [6.45, 7) is 5.16. The minimum Gasteiger partial charge on any atom is -0.726 e. The molecular formula is C46H88Na2O18S. The van der Waals surface area contributed by atoms with Gasteiger partial charge in [-0.25, -0.2) is 8.42 Å². The Balaban J connectivity index is 0. The zero-order valence-electron chi connectivity index (χ0n) is 41.7. The Bertz CT molecular complexity index is 1200. The molecule has 4 rings (SSSR count). The van der Waals surface area contributed by atoms with Gasteiger partial charge in [0.25, 0.3) is 0 Å². The molecule has 0 radical (unpaired) electrons. The normalized spacial score (nSPS) is 23.7. The van der Waals surface area contributed by atoms with Crippen molar-refractivity contribution in [1.82, 2.24) is 0 Å². The van der Waals surface area contributed by atoms with E-state index in [0.717, 1.165) is 25.7 Å². The number of carbonyl (C=O) groups excluding carboxylic acids is 1. The summed E-state index contributed by atoms with van der Waals surface area (Å²) >= 11 is 0. The fourth-order valence-corrected chi connectivity index (χ4v) is 8.32. The molecule has 4 aliphatic heterocycles. The summed E-state index contributed by atoms with van der Waals surface area (Å²) in [5, 5.41) is 66.2. The van der Waals surface area contributed by atoms with E-state index in [-0.39, 0.29) is 85.4 Å². The zero-order chi connectivity index (χ0) is 48.2. The molecule has 0 aromatic heterocycles. The van der Waals surface area contributed by atoms with E-state index >= 15 is 0 Å². The second-order valence-corrected chi connectivity index (χ2v) is 18.5. The maximum absolute atomic E-state index is 10.2. The van der Waals surface area contributed by atoms with E-state index in [1.807, 2.05) is 0 Å². The number of carboxylic acids is 1. The van der Waals surface area contributed by atoms with Gasteiger partial charge in [-0.1, -0.05) is 162 Å². The Kier molecular flexibility index (Phi) is 45.2. The molecule has 0 aromatic rings. The Morgan fingerprint density at radius 3 is 1.06 bits per heavy atom. The molecule has 67 heavy (non-hydrogen) atoms. The van der Waals surface area contributed by atoms with Gasteiger partial charge in [-0.05, 0) is 19.3 Å². The van der Waals surface area contributed by atoms with Crippen LogP contribution in [0.5, 0.6) is 0 Å². The number of carbonyl (C=O) groups is 1. The molecule has 4 saturated heterocycles. The Morgan fingerprint density at radius 1 is 0.537 bits per heavy atom. The van der Waals surface area contributed by atoms with Crippen LogP contribution in [0.25, 0.3) is 0 Å². The van der Waals surface area contributed by atoms with Crippen LogP contribution in [0.2, 0.25) is 0 Å². The molecule has 0 spiro atoms. The van der Waals surface area contributed by atoms with Gasteiger partial charge in [0.05, 0.1) is 46.2 Å². The predicted molar refractivity (Wildman–Crippen MR) is 239 cm³/mol. The minimum absolute atomic E-state index is 0. The van der Waals surface area contributed by atoms with Crippen LogP contribution >= 0.6 is 0 Å². The summed E-state index contributed by atoms with van der Waals surface area (Å²) in [4.78, 5) is 10.2. The van der Waals surface area contributed by atoms with Gasteiger partial charge >= 0.3 is 59.1 Å². The van der Waals surface area contributed by atoms with Crippen LogP contribution in [0.4, 0.5) is 0 Å². The van der Waals surface area contributed by atoms with Crippen LogP contribution in [0.15, 0.2) is 0 Å². The SMILES string of the molecule is CCCCCCCCCCCCCCCCCC(=O)[O-].CCCCCCCCCCCCOS(=O)(=O)[O-].OCC1([C@H]2OC[C@H](O)[C@H]2O)OCCO1.OCC1([C@H]2OC[C@H](O)[C@H]2O)OCCO1.[Na+].[Na+]. The molecule has 6 N–H and O–H groups in total. The summed E-state index contributed by atoms with van der Waals surface area (Å²) < 4.78 is 65.6. The number of ether oxygens (including phenoxy) is 6. The van der Waals surface area contributed by atoms with Crippen LogP contribution < -0.4 is 64.2 Å². The summed E-state index contributed by atoms with van der Waals surface area (Å²) in [7, 11) is -4.48. The quantitative estimate of drug-likeness (QED) is 0.0185. The number of unbranched alkanes of at least 4 members (excludes halogenated alkanes) is 23. The first-order valence-corrected chi connectivity index (χ1v) is 26.1. The van der Waals surface area contributed by atoms with Gasteiger partial charge in [0.2, 0.25) is 22.0 Å². The van der Waals surface area contributed by atoms with E-state index in [1.165, 1.54) is 128 Å². The van der Waals surface area contributed by atoms with Crippen molar-refractivity contribution in [2.75, 3.05) is 59.5 Å². The van der Waals surface area contributed by atoms with Crippen molar-refractivity contribution in [3.8, 4) is 0 Å². The van der Waals surface area contributed by atoms with Crippen LogP contribution in [0.1, 0.15) is 181 Å². The van der Waals surface area contributed by atoms with Crippen molar-refractivity contribution >= 4 is 16.4 Å². The van der Waals surface area contributed by atoms with Gasteiger partial charge in [-0.3, -0.25) is 4.18 Å². The summed E-state index contributed by atoms with van der Waals surface area (Å²) in [6, 6.07) is 0. The summed E-state index contributed by atoms with van der Waals surface area (Å²) in [5.74, 6) is -3.52. The smallest absolute Gasteiger partial charge is 0.726 e. The number of carboxylic acid groups (broad SMARTS) is 1. The second kappa shape index (κ2) is 43.3. The molecule has 4 heterocycles. The van der Waals surface area contributed by atoms with Crippen molar-refractivity contribution in [2.45, 2.75) is 229 Å². The molecule has 0 bridgehead atoms. The van der Waals surface area contributed by atoms with Crippen molar-refractivity contribution in [3.05, 3.63) is 0 Å². The average Bonchev–Trinajstić information content (AvgIpc) is 4.11. The second-order valence-electron chi connectivity index (χ2n) is 17.4. The van der Waals surface area contributed by atoms with E-state index in [2.05, 4.69) is 18.0 Å². The number of hydrogen-bond acceptors (Lipinski definition) is 18. The van der Waals surface area contributed by atoms with Crippen molar-refractivity contribution in [1.29, 1.82) is 0 Å². The Labute approximate surface area is 446 Å². The zero-order valence-corrected chi connectivity index (χ0v) is 46.5. The summed E-state index contributed by atoms with van der Waals surface area (Å²) in [5.41, 5.74) is 0. The van der Waals surface area contributed by atoms with Crippen molar-refractivity contribution in [3.63, 3.8) is 0 Å². The fourth-order valence-electron chi connectivity index (χ4n) is 8.00. The van der Waals surface area contributed by atoms with Crippen molar-refractivity contribution in [2.24, 2.45) is 0 Å². The Hall–Kier alpha value is 0.860. The van der Waals surface area contributed by atoms with Gasteiger partial charge in [0.15, 0.2) is 0 Å². The van der Waals surface area contributed by atoms with Gasteiger partial charge in [0, 0.05) is 5.97 Å². The standard InChI is InChI=1S/C18H36O2.C12H26O4S.2C8H14O6.2Na/c1-2-3-4-5-6-7-8-9-10-11-12-13-14-15-16-17-18(19)20;1-2-3-4-5-6-7-8-9-10-11-12-16-17(13,14)15;2*9-4-8(13-1-2-14-8)7-6(11)5(10)3-12-7;;/h2-17H2,1H3,(H,19,20);2-12H2,1H3,(H,13,14,15);2*5-7,9-11H,1-4H2;;/q;;;;2*+1/p-2/t;;2*5-,6+,7-;;/m..00../s1. The third-order valence-corrected chi connectivity index (χ3v) is 12.3. The molecule has 18 nitrogen and oxygen atoms in total. The number of aliphatic hydroxyl groups excluding tert-OH is 6. The van der Waals surface area contributed by atoms with E-state index in [9.17, 15) is 43.3 Å². The largest absolute Gasteiger partial charge is 1.00 e. The first-order valence-electron chi connectivity index (χ1n) is 24.8. The topological polar surface area (TPSA) is 283 Å². The number of hydrogen-bond donors (Lipinski definition) is 6. The molecule has 388 valence electrons. The monoisotopic (exact) mass is 1010 g/mol. The van der Waals surface area contributed by atoms with E-state index in [0.29, 0.717) is 32.8 Å². The molecule has 21 heteroatoms. The average molecular weight is 1010 g/mol. The maximum Gasteiger partial charge on any atom is 1.00 e. The van der Waals surface area contributed by atoms with E-state index < -0.39 is 77.8 Å². The Morgan fingerprint density at radius 2 is 0.821 bits per heavy atom. The molecule has 6 atom stereocenters. The molecule has 4 fully saturated rings.